The van der Waals surface area contributed by atoms with Crippen molar-refractivity contribution in [2.75, 3.05) is 0 Å². The fourth-order valence-electron chi connectivity index (χ4n) is 0.888. The highest BCUT2D eigenvalue weighted by Crippen LogP contribution is 2.06. The first-order valence-electron chi connectivity index (χ1n) is 3.78. The molecule has 0 bridgehead atoms. The van der Waals surface area contributed by atoms with Crippen LogP contribution in [0.25, 0.3) is 0 Å². The molecule has 0 saturated carbocycles. The van der Waals surface area contributed by atoms with Gasteiger partial charge in [-0.05, 0) is 18.6 Å². The second-order valence-electron chi connectivity index (χ2n) is 2.41. The predicted octanol–water partition coefficient (Wildman–Crippen LogP) is 2.16. The Morgan fingerprint density at radius 1 is 1.67 bits per heavy atom. The van der Waals surface area contributed by atoms with E-state index in [1.165, 1.54) is 6.26 Å². The van der Waals surface area contributed by atoms with Gasteiger partial charge in [0, 0.05) is 12.8 Å². The van der Waals surface area contributed by atoms with Crippen LogP contribution in [0.1, 0.15) is 29.8 Å². The minimum absolute atomic E-state index is 0.0322. The second kappa shape index (κ2) is 4.35. The Hall–Kier alpha value is -1.56. The maximum Gasteiger partial charge on any atom is 0.198 e. The Kier molecular flexibility index (Phi) is 3.09. The van der Waals surface area contributed by atoms with Gasteiger partial charge in [-0.15, -0.1) is 0 Å². The van der Waals surface area contributed by atoms with Crippen LogP contribution in [-0.4, -0.2) is 5.78 Å². The van der Waals surface area contributed by atoms with Crippen LogP contribution in [0.5, 0.6) is 0 Å². The van der Waals surface area contributed by atoms with Crippen LogP contribution in [0.2, 0.25) is 0 Å². The van der Waals surface area contributed by atoms with Crippen LogP contribution in [0.3, 0.4) is 0 Å². The SMILES string of the molecule is N#CCCCC(=O)c1ccco1. The van der Waals surface area contributed by atoms with Crippen LogP contribution >= 0.6 is 0 Å². The van der Waals surface area contributed by atoms with Crippen molar-refractivity contribution < 1.29 is 9.21 Å². The number of carbonyl (C=O) groups is 1. The Bertz CT molecular complexity index is 282. The molecule has 3 nitrogen and oxygen atoms in total. The van der Waals surface area contributed by atoms with Crippen LogP contribution in [0.4, 0.5) is 0 Å². The van der Waals surface area contributed by atoms with E-state index in [-0.39, 0.29) is 5.78 Å². The maximum atomic E-state index is 11.2. The maximum absolute atomic E-state index is 11.2. The first-order chi connectivity index (χ1) is 5.84. The van der Waals surface area contributed by atoms with Gasteiger partial charge >= 0.3 is 0 Å². The molecule has 0 saturated heterocycles. The molecule has 0 aliphatic heterocycles. The number of rotatable bonds is 4. The Morgan fingerprint density at radius 3 is 3.08 bits per heavy atom. The molecule has 12 heavy (non-hydrogen) atoms. The lowest BCUT2D eigenvalue weighted by molar-refractivity contribution is 0.0953. The van der Waals surface area contributed by atoms with Gasteiger partial charge in [0.05, 0.1) is 12.3 Å². The quantitative estimate of drug-likeness (QED) is 0.504. The molecule has 0 N–H and O–H groups in total. The van der Waals surface area contributed by atoms with Gasteiger partial charge in [0.2, 0.25) is 0 Å². The lowest BCUT2D eigenvalue weighted by Crippen LogP contribution is -1.95. The van der Waals surface area contributed by atoms with Crippen LogP contribution in [-0.2, 0) is 0 Å². The number of nitriles is 1. The van der Waals surface area contributed by atoms with E-state index in [1.807, 2.05) is 6.07 Å². The molecule has 0 amide bonds. The average Bonchev–Trinajstić information content (AvgIpc) is 2.56. The first kappa shape index (κ1) is 8.54. The normalized spacial score (nSPS) is 9.25. The molecule has 0 radical (unpaired) electrons. The number of nitrogens with zero attached hydrogens (tertiary/aromatic N) is 1. The minimum atomic E-state index is -0.0322. The monoisotopic (exact) mass is 163 g/mol. The molecular formula is C9H9NO2. The first-order valence-corrected chi connectivity index (χ1v) is 3.78. The molecule has 0 unspecified atom stereocenters. The zero-order valence-corrected chi connectivity index (χ0v) is 6.62. The van der Waals surface area contributed by atoms with E-state index in [2.05, 4.69) is 0 Å². The van der Waals surface area contributed by atoms with Gasteiger partial charge in [0.15, 0.2) is 11.5 Å². The number of hydrogen-bond donors (Lipinski definition) is 0. The molecule has 0 spiro atoms. The summed E-state index contributed by atoms with van der Waals surface area (Å²) >= 11 is 0. The Balaban J connectivity index is 2.36. The van der Waals surface area contributed by atoms with E-state index >= 15 is 0 Å². The van der Waals surface area contributed by atoms with Crippen molar-refractivity contribution in [1.29, 1.82) is 5.26 Å². The third-order valence-electron chi connectivity index (χ3n) is 1.49. The molecule has 62 valence electrons. The highest BCUT2D eigenvalue weighted by atomic mass is 16.3. The number of Topliss-reactive ketones (excluding diaryl/α,β-unsaturated/α-hetero) is 1. The van der Waals surface area contributed by atoms with Gasteiger partial charge in [-0.25, -0.2) is 0 Å². The highest BCUT2D eigenvalue weighted by molar-refractivity contribution is 5.93. The lowest BCUT2D eigenvalue weighted by Gasteiger charge is -1.92. The average molecular weight is 163 g/mol. The molecule has 0 atom stereocenters. The van der Waals surface area contributed by atoms with E-state index < -0.39 is 0 Å². The van der Waals surface area contributed by atoms with Crippen molar-refractivity contribution in [2.24, 2.45) is 0 Å². The van der Waals surface area contributed by atoms with Gasteiger partial charge in [0.25, 0.3) is 0 Å². The molecule has 0 aliphatic carbocycles. The molecule has 1 aromatic heterocycles. The number of hydrogen-bond acceptors (Lipinski definition) is 3. The number of unbranched alkanes of at least 4 members (excludes halogenated alkanes) is 1. The van der Waals surface area contributed by atoms with E-state index in [9.17, 15) is 4.79 Å². The van der Waals surface area contributed by atoms with Gasteiger partial charge in [-0.1, -0.05) is 0 Å². The molecule has 0 aliphatic rings. The van der Waals surface area contributed by atoms with E-state index in [0.29, 0.717) is 25.0 Å². The summed E-state index contributed by atoms with van der Waals surface area (Å²) in [6.07, 6.45) is 2.89. The fraction of sp³-hybridized carbons (Fsp3) is 0.333. The molecule has 1 rings (SSSR count). The van der Waals surface area contributed by atoms with Crippen LogP contribution in [0.15, 0.2) is 22.8 Å². The number of ketones is 1. The zero-order valence-electron chi connectivity index (χ0n) is 6.62. The molecule has 0 fully saturated rings. The van der Waals surface area contributed by atoms with E-state index in [4.69, 9.17) is 9.68 Å². The summed E-state index contributed by atoms with van der Waals surface area (Å²) in [5.41, 5.74) is 0. The summed E-state index contributed by atoms with van der Waals surface area (Å²) in [7, 11) is 0. The summed E-state index contributed by atoms with van der Waals surface area (Å²) in [6, 6.07) is 5.30. The van der Waals surface area contributed by atoms with Crippen molar-refractivity contribution >= 4 is 5.78 Å². The number of furan rings is 1. The highest BCUT2D eigenvalue weighted by Gasteiger charge is 2.06. The third kappa shape index (κ3) is 2.24. The predicted molar refractivity (Wildman–Crippen MR) is 42.5 cm³/mol. The Labute approximate surface area is 70.6 Å². The number of carbonyl (C=O) groups excluding carboxylic acids is 1. The summed E-state index contributed by atoms with van der Waals surface area (Å²) in [5.74, 6) is 0.350. The van der Waals surface area contributed by atoms with Crippen molar-refractivity contribution in [1.82, 2.24) is 0 Å². The van der Waals surface area contributed by atoms with Gasteiger partial charge in [-0.3, -0.25) is 4.79 Å². The van der Waals surface area contributed by atoms with Crippen molar-refractivity contribution in [3.05, 3.63) is 24.2 Å². The summed E-state index contributed by atoms with van der Waals surface area (Å²) in [5, 5.41) is 8.22. The molecule has 3 heteroatoms. The minimum Gasteiger partial charge on any atom is -0.461 e. The fourth-order valence-corrected chi connectivity index (χ4v) is 0.888. The zero-order chi connectivity index (χ0) is 8.81. The van der Waals surface area contributed by atoms with E-state index in [0.717, 1.165) is 0 Å². The lowest BCUT2D eigenvalue weighted by atomic mass is 10.1. The standard InChI is InChI=1S/C9H9NO2/c10-6-2-1-4-8(11)9-5-3-7-12-9/h3,5,7H,1-2,4H2. The molecular weight excluding hydrogens is 154 g/mol. The Morgan fingerprint density at radius 2 is 2.50 bits per heavy atom. The van der Waals surface area contributed by atoms with Crippen molar-refractivity contribution in [3.63, 3.8) is 0 Å². The molecule has 1 aromatic rings. The van der Waals surface area contributed by atoms with Gasteiger partial charge in [-0.2, -0.15) is 5.26 Å². The van der Waals surface area contributed by atoms with Crippen LogP contribution < -0.4 is 0 Å². The van der Waals surface area contributed by atoms with Gasteiger partial charge in [0.1, 0.15) is 0 Å². The topological polar surface area (TPSA) is 54.0 Å². The molecule has 1 heterocycles. The second-order valence-corrected chi connectivity index (χ2v) is 2.41. The van der Waals surface area contributed by atoms with Crippen LogP contribution in [0, 0.1) is 11.3 Å². The summed E-state index contributed by atoms with van der Waals surface area (Å²) < 4.78 is 4.89. The summed E-state index contributed by atoms with van der Waals surface area (Å²) in [6.45, 7) is 0. The van der Waals surface area contributed by atoms with Crippen molar-refractivity contribution in [3.8, 4) is 6.07 Å². The smallest absolute Gasteiger partial charge is 0.198 e. The molecule has 0 aromatic carbocycles. The van der Waals surface area contributed by atoms with E-state index in [1.54, 1.807) is 12.1 Å². The van der Waals surface area contributed by atoms with Gasteiger partial charge < -0.3 is 4.42 Å². The third-order valence-corrected chi connectivity index (χ3v) is 1.49. The summed E-state index contributed by atoms with van der Waals surface area (Å²) in [4.78, 5) is 11.2. The largest absolute Gasteiger partial charge is 0.461 e. The van der Waals surface area contributed by atoms with Crippen molar-refractivity contribution in [2.45, 2.75) is 19.3 Å².